The van der Waals surface area contributed by atoms with Crippen LogP contribution in [0.3, 0.4) is 0 Å². The quantitative estimate of drug-likeness (QED) is 0.108. The van der Waals surface area contributed by atoms with Gasteiger partial charge in [0.25, 0.3) is 0 Å². The lowest BCUT2D eigenvalue weighted by atomic mass is 9.69. The van der Waals surface area contributed by atoms with E-state index < -0.39 is 0 Å². The fraction of sp³-hybridized carbons (Fsp3) is 0.633. The van der Waals surface area contributed by atoms with Crippen LogP contribution in [0.25, 0.3) is 0 Å². The number of allylic oxidation sites excluding steroid dienone is 4. The number of fused-ring (bicyclic) bond motifs is 1. The van der Waals surface area contributed by atoms with Gasteiger partial charge in [-0.25, -0.2) is 0 Å². The van der Waals surface area contributed by atoms with Gasteiger partial charge in [0, 0.05) is 32.3 Å². The van der Waals surface area contributed by atoms with Gasteiger partial charge in [0.2, 0.25) is 5.91 Å². The van der Waals surface area contributed by atoms with Gasteiger partial charge in [-0.1, -0.05) is 147 Å². The van der Waals surface area contributed by atoms with E-state index in [1.54, 1.807) is 19.0 Å². The van der Waals surface area contributed by atoms with Crippen LogP contribution in [0.15, 0.2) is 91.2 Å². The molecule has 4 rings (SSSR count). The van der Waals surface area contributed by atoms with Crippen LogP contribution in [0.1, 0.15) is 136 Å². The van der Waals surface area contributed by atoms with Crippen molar-refractivity contribution < 1.29 is 9.59 Å². The maximum atomic E-state index is 13.8. The van der Waals surface area contributed by atoms with Crippen molar-refractivity contribution in [2.45, 2.75) is 137 Å². The molecule has 4 heteroatoms. The first-order valence-corrected chi connectivity index (χ1v) is 20.8. The van der Waals surface area contributed by atoms with Crippen LogP contribution in [0, 0.1) is 46.3 Å². The molecule has 0 radical (unpaired) electrons. The predicted octanol–water partition coefficient (Wildman–Crippen LogP) is 12.0. The highest BCUT2D eigenvalue weighted by atomic mass is 16.2. The Balaban J connectivity index is 1.45. The molecule has 53 heavy (non-hydrogen) atoms. The third kappa shape index (κ3) is 10.8. The molecule has 1 N–H and O–H groups in total. The second kappa shape index (κ2) is 18.0. The van der Waals surface area contributed by atoms with E-state index in [2.05, 4.69) is 66.6 Å². The first kappa shape index (κ1) is 42.6. The molecular formula is C49H74N2O2. The van der Waals surface area contributed by atoms with Gasteiger partial charge in [-0.3, -0.25) is 9.59 Å². The summed E-state index contributed by atoms with van der Waals surface area (Å²) in [6, 6.07) is 10.1. The molecule has 0 aliphatic heterocycles. The standard InChI is InChI=1S/C49H74N2O2/c1-14-21-39(35(5)43(52)27-26-32(2)28-41(47(53)51(12)13)37-22-17-15-18-23-37)29-33(3)44-40(30-42-45(44)49(42,10)11)36(6)46(38-24-19-16-20-25-38)50-34(4)31-48(7,8)9/h15,17-18,22-23,38-42,44-46,50H,2-6,14,16,19-21,24-31H2,1,7-13H3/t39?,40?,41?,42?,44-,45?,46?/m0/s1. The van der Waals surface area contributed by atoms with Gasteiger partial charge < -0.3 is 10.2 Å². The summed E-state index contributed by atoms with van der Waals surface area (Å²) in [5.41, 5.74) is 6.90. The molecule has 7 atom stereocenters. The molecule has 0 heterocycles. The van der Waals surface area contributed by atoms with Crippen LogP contribution in [0.5, 0.6) is 0 Å². The average molecular weight is 723 g/mol. The van der Waals surface area contributed by atoms with E-state index in [0.717, 1.165) is 48.1 Å². The van der Waals surface area contributed by atoms with Gasteiger partial charge in [0.1, 0.15) is 0 Å². The summed E-state index contributed by atoms with van der Waals surface area (Å²) in [4.78, 5) is 28.6. The van der Waals surface area contributed by atoms with Gasteiger partial charge in [-0.15, -0.1) is 0 Å². The second-order valence-corrected chi connectivity index (χ2v) is 19.2. The Kier molecular flexibility index (Phi) is 14.5. The number of hydrogen-bond acceptors (Lipinski definition) is 3. The normalized spacial score (nSPS) is 23.9. The SMILES string of the molecule is C=C(CCC(=O)C(=C)C(CCC)CC(=C)[C@H]1C(C(=C)C(NC(=C)CC(C)(C)C)C2CCCCC2)CC2C1C2(C)C)CC(C(=O)N(C)C)c1ccccc1. The lowest BCUT2D eigenvalue weighted by molar-refractivity contribution is -0.130. The molecular weight excluding hydrogens is 649 g/mol. The largest absolute Gasteiger partial charge is 0.382 e. The Morgan fingerprint density at radius 2 is 1.58 bits per heavy atom. The third-order valence-corrected chi connectivity index (χ3v) is 13.2. The van der Waals surface area contributed by atoms with Crippen molar-refractivity contribution in [3.63, 3.8) is 0 Å². The smallest absolute Gasteiger partial charge is 0.229 e. The van der Waals surface area contributed by atoms with E-state index in [9.17, 15) is 9.59 Å². The summed E-state index contributed by atoms with van der Waals surface area (Å²) < 4.78 is 0. The van der Waals surface area contributed by atoms with Gasteiger partial charge in [0.15, 0.2) is 5.78 Å². The lowest BCUT2D eigenvalue weighted by Gasteiger charge is -2.40. The van der Waals surface area contributed by atoms with E-state index in [1.165, 1.54) is 49.7 Å². The second-order valence-electron chi connectivity index (χ2n) is 19.2. The van der Waals surface area contributed by atoms with Crippen molar-refractivity contribution >= 4 is 11.7 Å². The summed E-state index contributed by atoms with van der Waals surface area (Å²) in [5.74, 6) is 2.60. The summed E-state index contributed by atoms with van der Waals surface area (Å²) >= 11 is 0. The molecule has 3 aliphatic rings. The van der Waals surface area contributed by atoms with Gasteiger partial charge in [-0.2, -0.15) is 0 Å². The number of amides is 1. The number of Topliss-reactive ketones (excluding diaryl/α,β-unsaturated/α-hetero) is 1. The Bertz CT molecular complexity index is 1500. The maximum absolute atomic E-state index is 13.8. The molecule has 6 unspecified atom stereocenters. The van der Waals surface area contributed by atoms with Gasteiger partial charge in [0.05, 0.1) is 5.92 Å². The van der Waals surface area contributed by atoms with Crippen LogP contribution >= 0.6 is 0 Å². The Hall–Kier alpha value is -3.14. The number of ketones is 1. The number of benzene rings is 1. The van der Waals surface area contributed by atoms with E-state index in [4.69, 9.17) is 13.2 Å². The fourth-order valence-electron chi connectivity index (χ4n) is 10.3. The number of carbonyl (C=O) groups is 2. The zero-order valence-electron chi connectivity index (χ0n) is 35.0. The summed E-state index contributed by atoms with van der Waals surface area (Å²) in [7, 11) is 3.59. The molecule has 0 aromatic heterocycles. The van der Waals surface area contributed by atoms with Crippen molar-refractivity contribution in [2.24, 2.45) is 46.3 Å². The average Bonchev–Trinajstić information content (AvgIpc) is 3.41. The molecule has 0 saturated heterocycles. The van der Waals surface area contributed by atoms with E-state index in [-0.39, 0.29) is 35.0 Å². The molecule has 1 amide bonds. The van der Waals surface area contributed by atoms with E-state index >= 15 is 0 Å². The number of carbonyl (C=O) groups excluding carboxylic acids is 2. The van der Waals surface area contributed by atoms with Crippen LogP contribution in [-0.2, 0) is 9.59 Å². The van der Waals surface area contributed by atoms with E-state index in [0.29, 0.717) is 54.3 Å². The highest BCUT2D eigenvalue weighted by Gasteiger charge is 2.67. The number of nitrogens with zero attached hydrogens (tertiary/aromatic N) is 1. The number of hydrogen-bond donors (Lipinski definition) is 1. The first-order valence-electron chi connectivity index (χ1n) is 20.8. The highest BCUT2D eigenvalue weighted by molar-refractivity contribution is 5.95. The summed E-state index contributed by atoms with van der Waals surface area (Å²) in [6.45, 7) is 37.0. The summed E-state index contributed by atoms with van der Waals surface area (Å²) in [6.07, 6.45) is 12.7. The molecule has 292 valence electrons. The fourth-order valence-corrected chi connectivity index (χ4v) is 10.3. The van der Waals surface area contributed by atoms with Crippen LogP contribution in [0.4, 0.5) is 0 Å². The molecule has 1 aromatic carbocycles. The number of likely N-dealkylation sites (N-methyl/N-ethyl adjacent to an activating group) is 1. The van der Waals surface area contributed by atoms with Crippen molar-refractivity contribution in [3.8, 4) is 0 Å². The summed E-state index contributed by atoms with van der Waals surface area (Å²) in [5, 5.41) is 3.97. The van der Waals surface area contributed by atoms with Gasteiger partial charge >= 0.3 is 0 Å². The molecule has 1 aromatic rings. The molecule has 3 saturated carbocycles. The van der Waals surface area contributed by atoms with Gasteiger partial charge in [-0.05, 0) is 109 Å². The van der Waals surface area contributed by atoms with E-state index in [1.807, 2.05) is 30.3 Å². The molecule has 3 fully saturated rings. The maximum Gasteiger partial charge on any atom is 0.229 e. The number of nitrogens with one attached hydrogen (secondary N) is 1. The molecule has 0 bridgehead atoms. The first-order chi connectivity index (χ1) is 24.9. The monoisotopic (exact) mass is 723 g/mol. The lowest BCUT2D eigenvalue weighted by Crippen LogP contribution is -2.42. The van der Waals surface area contributed by atoms with Crippen LogP contribution < -0.4 is 5.32 Å². The highest BCUT2D eigenvalue weighted by Crippen LogP contribution is 2.73. The van der Waals surface area contributed by atoms with Crippen molar-refractivity contribution in [1.82, 2.24) is 10.2 Å². The Labute approximate surface area is 324 Å². The Morgan fingerprint density at radius 1 is 0.943 bits per heavy atom. The molecule has 4 nitrogen and oxygen atoms in total. The minimum absolute atomic E-state index is 0.0549. The topological polar surface area (TPSA) is 49.4 Å². The minimum Gasteiger partial charge on any atom is -0.382 e. The minimum atomic E-state index is -0.303. The zero-order valence-corrected chi connectivity index (χ0v) is 35.0. The Morgan fingerprint density at radius 3 is 2.17 bits per heavy atom. The van der Waals surface area contributed by atoms with Crippen molar-refractivity contribution in [2.75, 3.05) is 14.1 Å². The molecule has 0 spiro atoms. The zero-order chi connectivity index (χ0) is 39.2. The molecule has 3 aliphatic carbocycles. The van der Waals surface area contributed by atoms with Crippen molar-refractivity contribution in [1.29, 1.82) is 0 Å². The van der Waals surface area contributed by atoms with Crippen LogP contribution in [0.2, 0.25) is 0 Å². The van der Waals surface area contributed by atoms with Crippen molar-refractivity contribution in [3.05, 3.63) is 96.8 Å². The predicted molar refractivity (Wildman–Crippen MR) is 225 cm³/mol. The van der Waals surface area contributed by atoms with Crippen LogP contribution in [-0.4, -0.2) is 36.7 Å². The third-order valence-electron chi connectivity index (χ3n) is 13.2. The number of rotatable bonds is 20.